The average Bonchev–Trinajstić information content (AvgIpc) is 3.01. The van der Waals surface area contributed by atoms with Gasteiger partial charge in [-0.05, 0) is 55.0 Å². The minimum atomic E-state index is -0.305. The highest BCUT2D eigenvalue weighted by molar-refractivity contribution is 6.21. The highest BCUT2D eigenvalue weighted by atomic mass is 16.5. The third kappa shape index (κ3) is 4.20. The van der Waals surface area contributed by atoms with E-state index in [1.807, 2.05) is 0 Å². The number of hydrogen-bond donors (Lipinski definition) is 1. The Morgan fingerprint density at radius 3 is 2.10 bits per heavy atom. The van der Waals surface area contributed by atoms with Crippen LogP contribution in [-0.2, 0) is 4.79 Å². The maximum Gasteiger partial charge on any atom is 0.261 e. The molecule has 1 N–H and O–H groups in total. The lowest BCUT2D eigenvalue weighted by atomic mass is 10.1. The van der Waals surface area contributed by atoms with Crippen LogP contribution in [0.5, 0.6) is 11.5 Å². The van der Waals surface area contributed by atoms with Crippen molar-refractivity contribution < 1.29 is 19.1 Å². The third-order valence-electron chi connectivity index (χ3n) is 4.69. The Bertz CT molecular complexity index is 1050. The smallest absolute Gasteiger partial charge is 0.261 e. The maximum atomic E-state index is 12.3. The first-order valence-electron chi connectivity index (χ1n) is 9.55. The van der Waals surface area contributed by atoms with Crippen molar-refractivity contribution in [1.29, 1.82) is 0 Å². The quantitative estimate of drug-likeness (QED) is 0.607. The molecule has 30 heavy (non-hydrogen) atoms. The van der Waals surface area contributed by atoms with E-state index >= 15 is 0 Å². The normalized spacial score (nSPS) is 12.6. The van der Waals surface area contributed by atoms with Crippen molar-refractivity contribution in [3.8, 4) is 11.5 Å². The van der Waals surface area contributed by atoms with Gasteiger partial charge < -0.3 is 10.1 Å². The minimum Gasteiger partial charge on any atom is -0.457 e. The van der Waals surface area contributed by atoms with E-state index in [0.29, 0.717) is 34.7 Å². The van der Waals surface area contributed by atoms with Crippen molar-refractivity contribution in [3.63, 3.8) is 0 Å². The summed E-state index contributed by atoms with van der Waals surface area (Å²) < 4.78 is 5.68. The Labute approximate surface area is 173 Å². The molecule has 0 saturated heterocycles. The van der Waals surface area contributed by atoms with Crippen LogP contribution in [0.4, 0.5) is 5.69 Å². The second-order valence-electron chi connectivity index (χ2n) is 6.77. The minimum absolute atomic E-state index is 0.186. The van der Waals surface area contributed by atoms with Crippen LogP contribution < -0.4 is 10.1 Å². The highest BCUT2D eigenvalue weighted by Crippen LogP contribution is 2.24. The molecule has 1 aliphatic rings. The number of benzene rings is 2. The molecule has 4 rings (SSSR count). The van der Waals surface area contributed by atoms with E-state index in [0.717, 1.165) is 0 Å². The largest absolute Gasteiger partial charge is 0.457 e. The lowest BCUT2D eigenvalue weighted by Crippen LogP contribution is -2.31. The van der Waals surface area contributed by atoms with E-state index in [-0.39, 0.29) is 30.7 Å². The SMILES string of the molecule is O=C(CCCN1C(=O)c2ccccc2C1=O)Nc1ccc(Oc2ccncc2)cc1. The molecule has 0 atom stereocenters. The molecule has 0 aliphatic carbocycles. The number of fused-ring (bicyclic) bond motifs is 1. The summed E-state index contributed by atoms with van der Waals surface area (Å²) in [7, 11) is 0. The number of amides is 3. The molecule has 3 amide bonds. The second kappa shape index (κ2) is 8.57. The fraction of sp³-hybridized carbons (Fsp3) is 0.130. The zero-order valence-corrected chi connectivity index (χ0v) is 16.1. The molecule has 0 saturated carbocycles. The summed E-state index contributed by atoms with van der Waals surface area (Å²) >= 11 is 0. The summed E-state index contributed by atoms with van der Waals surface area (Å²) in [6.45, 7) is 0.207. The summed E-state index contributed by atoms with van der Waals surface area (Å²) in [6.07, 6.45) is 3.88. The topological polar surface area (TPSA) is 88.6 Å². The van der Waals surface area contributed by atoms with Gasteiger partial charge in [-0.3, -0.25) is 24.3 Å². The van der Waals surface area contributed by atoms with Crippen LogP contribution in [0, 0.1) is 0 Å². The molecule has 150 valence electrons. The zero-order chi connectivity index (χ0) is 20.9. The number of carbonyl (C=O) groups is 3. The maximum absolute atomic E-state index is 12.3. The van der Waals surface area contributed by atoms with Crippen molar-refractivity contribution in [3.05, 3.63) is 84.2 Å². The molecule has 0 radical (unpaired) electrons. The first-order chi connectivity index (χ1) is 14.6. The first kappa shape index (κ1) is 19.3. The molecule has 1 aromatic heterocycles. The molecule has 2 aromatic carbocycles. The van der Waals surface area contributed by atoms with Gasteiger partial charge in [-0.2, -0.15) is 0 Å². The van der Waals surface area contributed by atoms with E-state index < -0.39 is 0 Å². The molecule has 0 bridgehead atoms. The Balaban J connectivity index is 1.25. The van der Waals surface area contributed by atoms with Gasteiger partial charge in [0.25, 0.3) is 11.8 Å². The predicted octanol–water partition coefficient (Wildman–Crippen LogP) is 3.89. The monoisotopic (exact) mass is 401 g/mol. The Morgan fingerprint density at radius 1 is 0.867 bits per heavy atom. The number of carbonyl (C=O) groups excluding carboxylic acids is 3. The molecule has 7 heteroatoms. The van der Waals surface area contributed by atoms with Gasteiger partial charge in [-0.15, -0.1) is 0 Å². The number of nitrogens with one attached hydrogen (secondary N) is 1. The molecule has 1 aliphatic heterocycles. The number of hydrogen-bond acceptors (Lipinski definition) is 5. The van der Waals surface area contributed by atoms with Crippen LogP contribution >= 0.6 is 0 Å². The average molecular weight is 401 g/mol. The number of pyridine rings is 1. The highest BCUT2D eigenvalue weighted by Gasteiger charge is 2.34. The molecular formula is C23H19N3O4. The Hall–Kier alpha value is -4.00. The standard InChI is InChI=1S/C23H19N3O4/c27-21(6-3-15-26-22(28)19-4-1-2-5-20(19)23(26)29)25-16-7-9-17(10-8-16)30-18-11-13-24-14-12-18/h1-2,4-5,7-14H,3,6,15H2,(H,25,27). The van der Waals surface area contributed by atoms with E-state index in [4.69, 9.17) is 4.74 Å². The fourth-order valence-electron chi connectivity index (χ4n) is 3.21. The zero-order valence-electron chi connectivity index (χ0n) is 16.1. The number of imide groups is 1. The van der Waals surface area contributed by atoms with Crippen molar-refractivity contribution in [2.45, 2.75) is 12.8 Å². The number of aromatic nitrogens is 1. The molecule has 0 spiro atoms. The molecule has 2 heterocycles. The number of anilines is 1. The number of nitrogens with zero attached hydrogens (tertiary/aromatic N) is 2. The van der Waals surface area contributed by atoms with Crippen molar-refractivity contribution in [1.82, 2.24) is 9.88 Å². The number of rotatable bonds is 7. The first-order valence-corrected chi connectivity index (χ1v) is 9.55. The van der Waals surface area contributed by atoms with E-state index in [2.05, 4.69) is 10.3 Å². The molecular weight excluding hydrogens is 382 g/mol. The van der Waals surface area contributed by atoms with Gasteiger partial charge >= 0.3 is 0 Å². The van der Waals surface area contributed by atoms with E-state index in [1.165, 1.54) is 4.90 Å². The lowest BCUT2D eigenvalue weighted by molar-refractivity contribution is -0.116. The summed E-state index contributed by atoms with van der Waals surface area (Å²) in [5.74, 6) is 0.524. The van der Waals surface area contributed by atoms with Crippen molar-refractivity contribution in [2.75, 3.05) is 11.9 Å². The fourth-order valence-corrected chi connectivity index (χ4v) is 3.21. The van der Waals surface area contributed by atoms with Gasteiger partial charge in [0.1, 0.15) is 11.5 Å². The van der Waals surface area contributed by atoms with Crippen molar-refractivity contribution in [2.24, 2.45) is 0 Å². The summed E-state index contributed by atoms with van der Waals surface area (Å²) in [6, 6.07) is 17.3. The van der Waals surface area contributed by atoms with Gasteiger partial charge in [0, 0.05) is 31.0 Å². The van der Waals surface area contributed by atoms with Crippen LogP contribution in [0.2, 0.25) is 0 Å². The third-order valence-corrected chi connectivity index (χ3v) is 4.69. The summed E-state index contributed by atoms with van der Waals surface area (Å²) in [5, 5.41) is 2.81. The van der Waals surface area contributed by atoms with Crippen LogP contribution in [0.1, 0.15) is 33.6 Å². The summed E-state index contributed by atoms with van der Waals surface area (Å²) in [5.41, 5.74) is 1.48. The Kier molecular flexibility index (Phi) is 5.52. The van der Waals surface area contributed by atoms with E-state index in [9.17, 15) is 14.4 Å². The van der Waals surface area contributed by atoms with Crippen LogP contribution in [0.25, 0.3) is 0 Å². The van der Waals surface area contributed by atoms with Crippen LogP contribution in [0.15, 0.2) is 73.1 Å². The Morgan fingerprint density at radius 2 is 1.47 bits per heavy atom. The molecule has 0 unspecified atom stereocenters. The van der Waals surface area contributed by atoms with Gasteiger partial charge in [0.15, 0.2) is 0 Å². The molecule has 7 nitrogen and oxygen atoms in total. The second-order valence-corrected chi connectivity index (χ2v) is 6.77. The van der Waals surface area contributed by atoms with Crippen molar-refractivity contribution >= 4 is 23.4 Å². The lowest BCUT2D eigenvalue weighted by Gasteiger charge is -2.13. The van der Waals surface area contributed by atoms with Gasteiger partial charge in [-0.1, -0.05) is 12.1 Å². The van der Waals surface area contributed by atoms with Crippen LogP contribution in [-0.4, -0.2) is 34.2 Å². The van der Waals surface area contributed by atoms with Crippen LogP contribution in [0.3, 0.4) is 0 Å². The summed E-state index contributed by atoms with van der Waals surface area (Å²) in [4.78, 5) is 42.0. The molecule has 0 fully saturated rings. The molecule has 3 aromatic rings. The predicted molar refractivity (Wildman–Crippen MR) is 110 cm³/mol. The van der Waals surface area contributed by atoms with E-state index in [1.54, 1.807) is 73.1 Å². The van der Waals surface area contributed by atoms with Gasteiger partial charge in [0.2, 0.25) is 5.91 Å². The van der Waals surface area contributed by atoms with Gasteiger partial charge in [-0.25, -0.2) is 0 Å². The number of ether oxygens (including phenoxy) is 1. The van der Waals surface area contributed by atoms with Gasteiger partial charge in [0.05, 0.1) is 11.1 Å².